The molecule has 5 nitrogen and oxygen atoms in total. The second-order valence-electron chi connectivity index (χ2n) is 5.13. The molecule has 0 spiro atoms. The highest BCUT2D eigenvalue weighted by molar-refractivity contribution is 5.87. The van der Waals surface area contributed by atoms with Crippen molar-refractivity contribution < 1.29 is 5.11 Å². The van der Waals surface area contributed by atoms with Crippen LogP contribution in [-0.2, 0) is 0 Å². The molecule has 19 heavy (non-hydrogen) atoms. The van der Waals surface area contributed by atoms with E-state index in [0.717, 1.165) is 29.7 Å². The Morgan fingerprint density at radius 1 is 1.37 bits per heavy atom. The number of hydrogen-bond acceptors (Lipinski definition) is 5. The van der Waals surface area contributed by atoms with Crippen LogP contribution in [0.1, 0.15) is 6.42 Å². The van der Waals surface area contributed by atoms with Gasteiger partial charge in [-0.1, -0.05) is 0 Å². The fraction of sp³-hybridized carbons (Fsp3) is 0.429. The second-order valence-corrected chi connectivity index (χ2v) is 5.13. The third-order valence-electron chi connectivity index (χ3n) is 3.65. The van der Waals surface area contributed by atoms with Gasteiger partial charge in [0.15, 0.2) is 0 Å². The van der Waals surface area contributed by atoms with Crippen LogP contribution >= 0.6 is 0 Å². The van der Waals surface area contributed by atoms with E-state index in [4.69, 9.17) is 0 Å². The maximum atomic E-state index is 10.5. The Kier molecular flexibility index (Phi) is 3.08. The summed E-state index contributed by atoms with van der Waals surface area (Å²) in [6.45, 7) is 2.08. The van der Waals surface area contributed by atoms with Crippen molar-refractivity contribution >= 4 is 16.7 Å². The highest BCUT2D eigenvalue weighted by atomic mass is 16.3. The molecule has 2 N–H and O–H groups in total. The van der Waals surface area contributed by atoms with E-state index in [2.05, 4.69) is 20.2 Å². The molecule has 1 atom stereocenters. The van der Waals surface area contributed by atoms with Crippen LogP contribution in [0.2, 0.25) is 0 Å². The van der Waals surface area contributed by atoms with Crippen molar-refractivity contribution in [1.29, 1.82) is 0 Å². The predicted octanol–water partition coefficient (Wildman–Crippen LogP) is 0.790. The fourth-order valence-electron chi connectivity index (χ4n) is 2.76. The van der Waals surface area contributed by atoms with Gasteiger partial charge in [0.2, 0.25) is 0 Å². The first-order valence-corrected chi connectivity index (χ1v) is 6.53. The van der Waals surface area contributed by atoms with Crippen molar-refractivity contribution in [2.24, 2.45) is 0 Å². The Bertz CT molecular complexity index is 583. The molecule has 5 heteroatoms. The van der Waals surface area contributed by atoms with Crippen LogP contribution in [0.5, 0.6) is 0 Å². The van der Waals surface area contributed by atoms with E-state index in [1.807, 2.05) is 25.2 Å². The minimum atomic E-state index is -0.654. The topological polar surface area (TPSA) is 61.3 Å². The minimum absolute atomic E-state index is 0.611. The Hall–Kier alpha value is -1.72. The van der Waals surface area contributed by atoms with Crippen LogP contribution in [0.25, 0.3) is 11.0 Å². The van der Waals surface area contributed by atoms with Crippen LogP contribution in [0.3, 0.4) is 0 Å². The Morgan fingerprint density at radius 2 is 2.26 bits per heavy atom. The van der Waals surface area contributed by atoms with Gasteiger partial charge in [-0.2, -0.15) is 0 Å². The number of β-amino-alcohol motifs (C(OH)–C–C–N with tert-alkyl or cyclic N) is 1. The lowest BCUT2D eigenvalue weighted by molar-refractivity contribution is 0.0651. The number of nitrogens with one attached hydrogen (secondary N) is 1. The van der Waals surface area contributed by atoms with Gasteiger partial charge in [-0.3, -0.25) is 9.97 Å². The number of hydrogen-bond donors (Lipinski definition) is 2. The van der Waals surface area contributed by atoms with Crippen molar-refractivity contribution in [3.05, 3.63) is 30.6 Å². The van der Waals surface area contributed by atoms with Gasteiger partial charge >= 0.3 is 0 Å². The van der Waals surface area contributed by atoms with E-state index in [9.17, 15) is 5.11 Å². The standard InChI is InChI=1S/C14H18N4O/c1-15-9-14(19)5-8-18(10-14)12-4-7-16-11-3-2-6-17-13(11)12/h2-4,6-7,15,19H,5,8-10H2,1H3. The summed E-state index contributed by atoms with van der Waals surface area (Å²) in [6, 6.07) is 5.82. The maximum Gasteiger partial charge on any atom is 0.112 e. The highest BCUT2D eigenvalue weighted by Crippen LogP contribution is 2.30. The lowest BCUT2D eigenvalue weighted by Gasteiger charge is -2.24. The van der Waals surface area contributed by atoms with E-state index < -0.39 is 5.60 Å². The molecule has 0 aliphatic carbocycles. The smallest absolute Gasteiger partial charge is 0.112 e. The van der Waals surface area contributed by atoms with Crippen molar-refractivity contribution in [2.75, 3.05) is 31.6 Å². The third-order valence-corrected chi connectivity index (χ3v) is 3.65. The zero-order valence-corrected chi connectivity index (χ0v) is 11.0. The van der Waals surface area contributed by atoms with Crippen LogP contribution in [0, 0.1) is 0 Å². The monoisotopic (exact) mass is 258 g/mol. The van der Waals surface area contributed by atoms with Gasteiger partial charge < -0.3 is 15.3 Å². The van der Waals surface area contributed by atoms with Crippen molar-refractivity contribution in [2.45, 2.75) is 12.0 Å². The average Bonchev–Trinajstić information content (AvgIpc) is 2.81. The van der Waals surface area contributed by atoms with E-state index in [0.29, 0.717) is 13.1 Å². The van der Waals surface area contributed by atoms with Gasteiger partial charge in [-0.05, 0) is 31.7 Å². The molecule has 100 valence electrons. The summed E-state index contributed by atoms with van der Waals surface area (Å²) in [4.78, 5) is 10.9. The molecule has 0 amide bonds. The van der Waals surface area contributed by atoms with Gasteiger partial charge in [-0.25, -0.2) is 0 Å². The molecular formula is C14H18N4O. The first-order chi connectivity index (χ1) is 9.22. The molecule has 1 saturated heterocycles. The van der Waals surface area contributed by atoms with Crippen LogP contribution in [0.15, 0.2) is 30.6 Å². The lowest BCUT2D eigenvalue weighted by Crippen LogP contribution is -2.41. The summed E-state index contributed by atoms with van der Waals surface area (Å²) in [5.41, 5.74) is 2.19. The number of nitrogens with zero attached hydrogens (tertiary/aromatic N) is 3. The van der Waals surface area contributed by atoms with Crippen molar-refractivity contribution in [1.82, 2.24) is 15.3 Å². The number of fused-ring (bicyclic) bond motifs is 1. The Balaban J connectivity index is 1.94. The molecule has 3 rings (SSSR count). The molecular weight excluding hydrogens is 240 g/mol. The second kappa shape index (κ2) is 4.75. The van der Waals surface area contributed by atoms with Crippen LogP contribution in [-0.4, -0.2) is 47.4 Å². The molecule has 3 heterocycles. The van der Waals surface area contributed by atoms with Crippen molar-refractivity contribution in [3.63, 3.8) is 0 Å². The Labute approximate surface area is 112 Å². The van der Waals surface area contributed by atoms with Gasteiger partial charge in [0.1, 0.15) is 5.52 Å². The van der Waals surface area contributed by atoms with Crippen LogP contribution in [0.4, 0.5) is 5.69 Å². The first-order valence-electron chi connectivity index (χ1n) is 6.53. The molecule has 1 aliphatic rings. The van der Waals surface area contributed by atoms with E-state index in [1.165, 1.54) is 0 Å². The van der Waals surface area contributed by atoms with E-state index >= 15 is 0 Å². The number of anilines is 1. The molecule has 1 unspecified atom stereocenters. The molecule has 2 aromatic rings. The molecule has 0 bridgehead atoms. The van der Waals surface area contributed by atoms with Crippen LogP contribution < -0.4 is 10.2 Å². The van der Waals surface area contributed by atoms with Crippen molar-refractivity contribution in [3.8, 4) is 0 Å². The Morgan fingerprint density at radius 3 is 3.11 bits per heavy atom. The zero-order chi connectivity index (χ0) is 13.3. The third kappa shape index (κ3) is 2.27. The summed E-state index contributed by atoms with van der Waals surface area (Å²) in [7, 11) is 1.87. The summed E-state index contributed by atoms with van der Waals surface area (Å²) >= 11 is 0. The van der Waals surface area contributed by atoms with Gasteiger partial charge in [0.25, 0.3) is 0 Å². The minimum Gasteiger partial charge on any atom is -0.387 e. The molecule has 0 saturated carbocycles. The van der Waals surface area contributed by atoms with E-state index in [-0.39, 0.29) is 0 Å². The zero-order valence-electron chi connectivity index (χ0n) is 11.0. The largest absolute Gasteiger partial charge is 0.387 e. The predicted molar refractivity (Wildman–Crippen MR) is 75.2 cm³/mol. The number of aromatic nitrogens is 2. The summed E-state index contributed by atoms with van der Waals surface area (Å²) in [5.74, 6) is 0. The van der Waals surface area contributed by atoms with Gasteiger partial charge in [0, 0.05) is 32.0 Å². The van der Waals surface area contributed by atoms with Gasteiger partial charge in [0.05, 0.1) is 16.8 Å². The quantitative estimate of drug-likeness (QED) is 0.852. The number of rotatable bonds is 3. The first kappa shape index (κ1) is 12.3. The molecule has 2 aromatic heterocycles. The lowest BCUT2D eigenvalue weighted by atomic mass is 10.0. The molecule has 0 radical (unpaired) electrons. The number of likely N-dealkylation sites (N-methyl/N-ethyl adjacent to an activating group) is 1. The average molecular weight is 258 g/mol. The van der Waals surface area contributed by atoms with Gasteiger partial charge in [-0.15, -0.1) is 0 Å². The molecule has 0 aromatic carbocycles. The number of pyridine rings is 2. The fourth-order valence-corrected chi connectivity index (χ4v) is 2.76. The number of aliphatic hydroxyl groups is 1. The highest BCUT2D eigenvalue weighted by Gasteiger charge is 2.36. The SMILES string of the molecule is CNCC1(O)CCN(c2ccnc3cccnc23)C1. The summed E-state index contributed by atoms with van der Waals surface area (Å²) in [5, 5.41) is 13.5. The normalized spacial score (nSPS) is 23.2. The summed E-state index contributed by atoms with van der Waals surface area (Å²) < 4.78 is 0. The molecule has 1 fully saturated rings. The summed E-state index contributed by atoms with van der Waals surface area (Å²) in [6.07, 6.45) is 4.35. The maximum absolute atomic E-state index is 10.5. The molecule has 1 aliphatic heterocycles. The van der Waals surface area contributed by atoms with E-state index in [1.54, 1.807) is 12.4 Å².